The number of nitrogens with zero attached hydrogens (tertiary/aromatic N) is 1. The SMILES string of the molecule is Clc1cc(N(c2ccccc2)c2ccccc2)cc(Cl)c1Cl. The molecule has 0 N–H and O–H groups in total. The molecule has 0 spiro atoms. The number of anilines is 3. The number of benzene rings is 3. The number of rotatable bonds is 3. The lowest BCUT2D eigenvalue weighted by Crippen LogP contribution is -2.09. The van der Waals surface area contributed by atoms with Gasteiger partial charge in [0.2, 0.25) is 0 Å². The van der Waals surface area contributed by atoms with Gasteiger partial charge in [-0.15, -0.1) is 0 Å². The molecule has 1 nitrogen and oxygen atoms in total. The fraction of sp³-hybridized carbons (Fsp3) is 0. The fourth-order valence-electron chi connectivity index (χ4n) is 2.27. The maximum Gasteiger partial charge on any atom is 0.0780 e. The normalized spacial score (nSPS) is 10.5. The van der Waals surface area contributed by atoms with Gasteiger partial charge in [-0.2, -0.15) is 0 Å². The first-order chi connectivity index (χ1) is 10.7. The van der Waals surface area contributed by atoms with Crippen LogP contribution in [0.15, 0.2) is 72.8 Å². The fourth-order valence-corrected chi connectivity index (χ4v) is 2.86. The Kier molecular flexibility index (Phi) is 4.58. The van der Waals surface area contributed by atoms with E-state index < -0.39 is 0 Å². The first-order valence-corrected chi connectivity index (χ1v) is 7.85. The first-order valence-electron chi connectivity index (χ1n) is 6.71. The lowest BCUT2D eigenvalue weighted by molar-refractivity contribution is 1.28. The van der Waals surface area contributed by atoms with Crippen LogP contribution in [-0.4, -0.2) is 0 Å². The molecule has 0 aromatic heterocycles. The van der Waals surface area contributed by atoms with Crippen LogP contribution in [0, 0.1) is 0 Å². The van der Waals surface area contributed by atoms with E-state index in [9.17, 15) is 0 Å². The monoisotopic (exact) mass is 347 g/mol. The molecule has 3 aromatic rings. The Labute approximate surface area is 144 Å². The Morgan fingerprint density at radius 2 is 0.955 bits per heavy atom. The van der Waals surface area contributed by atoms with Crippen molar-refractivity contribution in [3.05, 3.63) is 87.9 Å². The summed E-state index contributed by atoms with van der Waals surface area (Å²) in [6, 6.07) is 23.7. The molecular formula is C18H12Cl3N. The second kappa shape index (κ2) is 6.62. The van der Waals surface area contributed by atoms with Crippen LogP contribution >= 0.6 is 34.8 Å². The molecule has 0 atom stereocenters. The van der Waals surface area contributed by atoms with E-state index in [2.05, 4.69) is 4.90 Å². The van der Waals surface area contributed by atoms with Crippen molar-refractivity contribution in [2.24, 2.45) is 0 Å². The van der Waals surface area contributed by atoms with Crippen molar-refractivity contribution in [3.63, 3.8) is 0 Å². The predicted molar refractivity (Wildman–Crippen MR) is 96.2 cm³/mol. The van der Waals surface area contributed by atoms with Crippen LogP contribution in [0.25, 0.3) is 0 Å². The van der Waals surface area contributed by atoms with Gasteiger partial charge in [-0.3, -0.25) is 0 Å². The minimum absolute atomic E-state index is 0.369. The van der Waals surface area contributed by atoms with E-state index in [1.54, 1.807) is 0 Å². The van der Waals surface area contributed by atoms with E-state index in [1.807, 2.05) is 72.8 Å². The third kappa shape index (κ3) is 3.07. The summed E-state index contributed by atoms with van der Waals surface area (Å²) in [6.45, 7) is 0. The Bertz CT molecular complexity index is 710. The van der Waals surface area contributed by atoms with Crippen LogP contribution in [0.2, 0.25) is 15.1 Å². The summed E-state index contributed by atoms with van der Waals surface area (Å²) in [5.74, 6) is 0. The Morgan fingerprint density at radius 1 is 0.545 bits per heavy atom. The van der Waals surface area contributed by atoms with Crippen LogP contribution < -0.4 is 4.90 Å². The molecule has 0 amide bonds. The van der Waals surface area contributed by atoms with E-state index in [0.717, 1.165) is 17.1 Å². The Balaban J connectivity index is 2.19. The van der Waals surface area contributed by atoms with Crippen molar-refractivity contribution in [2.75, 3.05) is 4.90 Å². The highest BCUT2D eigenvalue weighted by Crippen LogP contribution is 2.40. The summed E-state index contributed by atoms with van der Waals surface area (Å²) in [6.07, 6.45) is 0. The Morgan fingerprint density at radius 3 is 1.36 bits per heavy atom. The average Bonchev–Trinajstić information content (AvgIpc) is 2.55. The zero-order chi connectivity index (χ0) is 15.5. The highest BCUT2D eigenvalue weighted by molar-refractivity contribution is 6.48. The van der Waals surface area contributed by atoms with Crippen molar-refractivity contribution >= 4 is 51.9 Å². The van der Waals surface area contributed by atoms with E-state index in [-0.39, 0.29) is 0 Å². The summed E-state index contributed by atoms with van der Waals surface area (Å²) in [5, 5.41) is 1.23. The van der Waals surface area contributed by atoms with Gasteiger partial charge in [0.15, 0.2) is 0 Å². The average molecular weight is 349 g/mol. The van der Waals surface area contributed by atoms with Gasteiger partial charge in [0.05, 0.1) is 15.1 Å². The highest BCUT2D eigenvalue weighted by Gasteiger charge is 2.15. The second-order valence-corrected chi connectivity index (χ2v) is 5.92. The van der Waals surface area contributed by atoms with E-state index in [0.29, 0.717) is 15.1 Å². The zero-order valence-electron chi connectivity index (χ0n) is 11.5. The molecule has 0 saturated carbocycles. The molecule has 0 radical (unpaired) electrons. The topological polar surface area (TPSA) is 3.24 Å². The maximum absolute atomic E-state index is 6.20. The van der Waals surface area contributed by atoms with Crippen LogP contribution in [0.4, 0.5) is 17.1 Å². The van der Waals surface area contributed by atoms with Gasteiger partial charge in [0, 0.05) is 17.1 Å². The molecule has 22 heavy (non-hydrogen) atoms. The molecule has 3 aromatic carbocycles. The quantitative estimate of drug-likeness (QED) is 0.455. The number of hydrogen-bond acceptors (Lipinski definition) is 1. The zero-order valence-corrected chi connectivity index (χ0v) is 13.8. The molecule has 3 rings (SSSR count). The third-order valence-corrected chi connectivity index (χ3v) is 4.45. The molecule has 0 aliphatic carbocycles. The smallest absolute Gasteiger partial charge is 0.0780 e. The van der Waals surface area contributed by atoms with Crippen molar-refractivity contribution in [3.8, 4) is 0 Å². The second-order valence-electron chi connectivity index (χ2n) is 4.73. The maximum atomic E-state index is 6.20. The van der Waals surface area contributed by atoms with E-state index in [4.69, 9.17) is 34.8 Å². The van der Waals surface area contributed by atoms with E-state index in [1.165, 1.54) is 0 Å². The summed E-state index contributed by atoms with van der Waals surface area (Å²) in [5.41, 5.74) is 2.89. The van der Waals surface area contributed by atoms with Gasteiger partial charge >= 0.3 is 0 Å². The molecule has 0 fully saturated rings. The third-order valence-electron chi connectivity index (χ3n) is 3.26. The van der Waals surface area contributed by atoms with Gasteiger partial charge in [-0.05, 0) is 36.4 Å². The minimum atomic E-state index is 0.369. The van der Waals surface area contributed by atoms with Crippen molar-refractivity contribution < 1.29 is 0 Å². The molecule has 4 heteroatoms. The minimum Gasteiger partial charge on any atom is -0.310 e. The molecule has 0 aliphatic heterocycles. The molecule has 0 unspecified atom stereocenters. The molecule has 0 aliphatic rings. The Hall–Kier alpha value is -1.67. The van der Waals surface area contributed by atoms with Crippen molar-refractivity contribution in [1.29, 1.82) is 0 Å². The first kappa shape index (κ1) is 15.2. The van der Waals surface area contributed by atoms with Crippen LogP contribution in [-0.2, 0) is 0 Å². The van der Waals surface area contributed by atoms with Gasteiger partial charge in [0.25, 0.3) is 0 Å². The van der Waals surface area contributed by atoms with Crippen molar-refractivity contribution in [2.45, 2.75) is 0 Å². The number of hydrogen-bond donors (Lipinski definition) is 0. The van der Waals surface area contributed by atoms with Crippen molar-refractivity contribution in [1.82, 2.24) is 0 Å². The number of halogens is 3. The predicted octanol–water partition coefficient (Wildman–Crippen LogP) is 7.12. The van der Waals surface area contributed by atoms with Gasteiger partial charge < -0.3 is 4.90 Å². The van der Waals surface area contributed by atoms with E-state index >= 15 is 0 Å². The lowest BCUT2D eigenvalue weighted by atomic mass is 10.2. The number of para-hydroxylation sites is 2. The van der Waals surface area contributed by atoms with Crippen LogP contribution in [0.1, 0.15) is 0 Å². The summed E-state index contributed by atoms with van der Waals surface area (Å²) >= 11 is 18.5. The van der Waals surface area contributed by atoms with Crippen LogP contribution in [0.5, 0.6) is 0 Å². The summed E-state index contributed by atoms with van der Waals surface area (Å²) in [4.78, 5) is 2.08. The largest absolute Gasteiger partial charge is 0.310 e. The van der Waals surface area contributed by atoms with Gasteiger partial charge in [-0.25, -0.2) is 0 Å². The van der Waals surface area contributed by atoms with Gasteiger partial charge in [0.1, 0.15) is 0 Å². The molecule has 0 heterocycles. The van der Waals surface area contributed by atoms with Gasteiger partial charge in [-0.1, -0.05) is 71.2 Å². The van der Waals surface area contributed by atoms with Crippen LogP contribution in [0.3, 0.4) is 0 Å². The lowest BCUT2D eigenvalue weighted by Gasteiger charge is -2.26. The molecule has 110 valence electrons. The molecular weight excluding hydrogens is 337 g/mol. The summed E-state index contributed by atoms with van der Waals surface area (Å²) in [7, 11) is 0. The standard InChI is InChI=1S/C18H12Cl3N/c19-16-11-15(12-17(20)18(16)21)22(13-7-3-1-4-8-13)14-9-5-2-6-10-14/h1-12H. The molecule has 0 saturated heterocycles. The molecule has 0 bridgehead atoms. The highest BCUT2D eigenvalue weighted by atomic mass is 35.5. The summed E-state index contributed by atoms with van der Waals surface area (Å²) < 4.78 is 0.